The summed E-state index contributed by atoms with van der Waals surface area (Å²) in [5.74, 6) is 0. The average molecular weight is 487 g/mol. The van der Waals surface area contributed by atoms with E-state index in [9.17, 15) is 0 Å². The fourth-order valence-electron chi connectivity index (χ4n) is 2.09. The van der Waals surface area contributed by atoms with Crippen LogP contribution in [0.4, 0.5) is 0 Å². The first-order valence-electron chi connectivity index (χ1n) is 6.37. The van der Waals surface area contributed by atoms with Crippen molar-refractivity contribution in [2.24, 2.45) is 0 Å². The predicted molar refractivity (Wildman–Crippen MR) is 85.2 cm³/mol. The molecule has 0 aromatic heterocycles. The van der Waals surface area contributed by atoms with Gasteiger partial charge in [-0.3, -0.25) is 0 Å². The van der Waals surface area contributed by atoms with Gasteiger partial charge in [0, 0.05) is 0 Å². The molecule has 0 spiro atoms. The van der Waals surface area contributed by atoms with Crippen LogP contribution in [0.1, 0.15) is 11.1 Å². The van der Waals surface area contributed by atoms with Crippen molar-refractivity contribution in [2.75, 3.05) is 14.2 Å². The van der Waals surface area contributed by atoms with E-state index in [1.165, 1.54) is 17.7 Å². The van der Waals surface area contributed by atoms with Crippen molar-refractivity contribution >= 4 is 35.6 Å². The van der Waals surface area contributed by atoms with Crippen LogP contribution in [0.3, 0.4) is 0 Å². The van der Waals surface area contributed by atoms with Crippen molar-refractivity contribution in [1.82, 2.24) is 0 Å². The van der Waals surface area contributed by atoms with Crippen molar-refractivity contribution < 1.29 is 9.47 Å². The Bertz CT molecular complexity index is 510. The topological polar surface area (TPSA) is 18.5 Å². The molecule has 0 atom stereocenters. The molecule has 0 aliphatic rings. The number of halogens is 1. The Hall–Kier alpha value is -0.467. The molecule has 0 N–H and O–H groups in total. The molecular weight excluding hydrogens is 469 g/mol. The summed E-state index contributed by atoms with van der Waals surface area (Å²) in [7, 11) is 10.3. The quantitative estimate of drug-likeness (QED) is 0.584. The predicted octanol–water partition coefficient (Wildman–Crippen LogP) is 2.32. The van der Waals surface area contributed by atoms with Gasteiger partial charge in [0.2, 0.25) is 0 Å². The maximum atomic E-state index is 6.91. The second kappa shape index (κ2) is 8.09. The summed E-state index contributed by atoms with van der Waals surface area (Å²) < 4.78 is 13.1. The van der Waals surface area contributed by atoms with Crippen LogP contribution < -0.4 is 6.54 Å². The third kappa shape index (κ3) is 3.80. The second-order valence-corrected chi connectivity index (χ2v) is 13.3. The monoisotopic (exact) mass is 486 g/mol. The van der Waals surface area contributed by atoms with Gasteiger partial charge in [0.15, 0.2) is 0 Å². The second-order valence-electron chi connectivity index (χ2n) is 4.40. The standard InChI is InChI=1S/2C8H9O.Bi.ClH/c2*1-9-7-8-5-3-2-4-6-8;;/h2*2-5H,7H2,1H3;;1H/q;;+1;/p-1. The minimum atomic E-state index is -2.47. The van der Waals surface area contributed by atoms with E-state index in [0.717, 1.165) is 0 Å². The fraction of sp³-hybridized carbons (Fsp3) is 0.250. The van der Waals surface area contributed by atoms with E-state index >= 15 is 0 Å². The van der Waals surface area contributed by atoms with Gasteiger partial charge in [0.25, 0.3) is 0 Å². The molecule has 0 aliphatic carbocycles. The number of methoxy groups -OCH3 is 2. The van der Waals surface area contributed by atoms with Crippen molar-refractivity contribution in [3.63, 3.8) is 0 Å². The molecular formula is C16H18BiClO2. The van der Waals surface area contributed by atoms with Crippen LogP contribution in [0.5, 0.6) is 0 Å². The molecule has 0 amide bonds. The number of benzene rings is 2. The molecule has 0 fully saturated rings. The molecule has 0 radical (unpaired) electrons. The first-order chi connectivity index (χ1) is 9.77. The number of hydrogen-bond acceptors (Lipinski definition) is 2. The van der Waals surface area contributed by atoms with Crippen LogP contribution >= 0.6 is 8.51 Å². The summed E-state index contributed by atoms with van der Waals surface area (Å²) in [6.07, 6.45) is 0. The molecule has 20 heavy (non-hydrogen) atoms. The molecule has 106 valence electrons. The van der Waals surface area contributed by atoms with E-state index < -0.39 is 20.6 Å². The van der Waals surface area contributed by atoms with Crippen LogP contribution in [0.15, 0.2) is 48.5 Å². The van der Waals surface area contributed by atoms with Crippen LogP contribution in [0.25, 0.3) is 0 Å². The summed E-state index contributed by atoms with van der Waals surface area (Å²) in [6.45, 7) is 1.22. The van der Waals surface area contributed by atoms with Crippen LogP contribution in [-0.4, -0.2) is 34.8 Å². The Kier molecular flexibility index (Phi) is 6.44. The van der Waals surface area contributed by atoms with E-state index in [-0.39, 0.29) is 0 Å². The Balaban J connectivity index is 2.38. The van der Waals surface area contributed by atoms with Gasteiger partial charge in [-0.25, -0.2) is 0 Å². The summed E-state index contributed by atoms with van der Waals surface area (Å²) in [6, 6.07) is 16.7. The van der Waals surface area contributed by atoms with Gasteiger partial charge in [-0.1, -0.05) is 0 Å². The molecule has 2 aromatic rings. The van der Waals surface area contributed by atoms with E-state index in [2.05, 4.69) is 36.4 Å². The SMILES string of the molecule is COCc1cccc[c]1[Bi]([Cl])[c]1ccccc1COC. The summed E-state index contributed by atoms with van der Waals surface area (Å²) in [5, 5.41) is 0. The first kappa shape index (κ1) is 15.9. The molecule has 0 unspecified atom stereocenters. The summed E-state index contributed by atoms with van der Waals surface area (Å²) in [4.78, 5) is 0. The van der Waals surface area contributed by atoms with Gasteiger partial charge < -0.3 is 0 Å². The minimum absolute atomic E-state index is 0.612. The van der Waals surface area contributed by atoms with Crippen molar-refractivity contribution in [2.45, 2.75) is 13.2 Å². The molecule has 0 heterocycles. The van der Waals surface area contributed by atoms with Gasteiger partial charge in [-0.15, -0.1) is 0 Å². The van der Waals surface area contributed by atoms with Crippen LogP contribution in [-0.2, 0) is 22.7 Å². The van der Waals surface area contributed by atoms with E-state index in [4.69, 9.17) is 18.0 Å². The molecule has 4 heteroatoms. The van der Waals surface area contributed by atoms with Crippen LogP contribution in [0, 0.1) is 0 Å². The molecule has 2 aromatic carbocycles. The molecule has 0 saturated carbocycles. The third-order valence-electron chi connectivity index (χ3n) is 3.01. The van der Waals surface area contributed by atoms with Gasteiger partial charge in [-0.2, -0.15) is 0 Å². The van der Waals surface area contributed by atoms with E-state index in [0.29, 0.717) is 13.2 Å². The maximum absolute atomic E-state index is 6.91. The average Bonchev–Trinajstić information content (AvgIpc) is 2.48. The fourth-order valence-corrected chi connectivity index (χ4v) is 10.7. The van der Waals surface area contributed by atoms with Gasteiger partial charge >= 0.3 is 132 Å². The molecule has 2 rings (SSSR count). The molecule has 2 nitrogen and oxygen atoms in total. The number of rotatable bonds is 6. The summed E-state index contributed by atoms with van der Waals surface area (Å²) in [5.41, 5.74) is 2.41. The molecule has 0 saturated heterocycles. The van der Waals surface area contributed by atoms with Gasteiger partial charge in [0.1, 0.15) is 0 Å². The van der Waals surface area contributed by atoms with E-state index in [1.54, 1.807) is 14.2 Å². The van der Waals surface area contributed by atoms with E-state index in [1.807, 2.05) is 12.1 Å². The Morgan fingerprint density at radius 1 is 0.800 bits per heavy atom. The van der Waals surface area contributed by atoms with Crippen LogP contribution in [0.2, 0.25) is 0 Å². The molecule has 0 aliphatic heterocycles. The van der Waals surface area contributed by atoms with Crippen molar-refractivity contribution in [3.8, 4) is 0 Å². The Morgan fingerprint density at radius 2 is 1.20 bits per heavy atom. The molecule has 0 bridgehead atoms. The third-order valence-corrected chi connectivity index (χ3v) is 12.9. The number of ether oxygens (including phenoxy) is 2. The van der Waals surface area contributed by atoms with Crippen molar-refractivity contribution in [3.05, 3.63) is 59.7 Å². The zero-order chi connectivity index (χ0) is 14.4. The zero-order valence-electron chi connectivity index (χ0n) is 11.7. The van der Waals surface area contributed by atoms with Gasteiger partial charge in [0.05, 0.1) is 0 Å². The van der Waals surface area contributed by atoms with Crippen molar-refractivity contribution in [1.29, 1.82) is 0 Å². The van der Waals surface area contributed by atoms with Gasteiger partial charge in [-0.05, 0) is 0 Å². The number of hydrogen-bond donors (Lipinski definition) is 0. The first-order valence-corrected chi connectivity index (χ1v) is 14.1. The Morgan fingerprint density at radius 3 is 1.60 bits per heavy atom. The normalized spacial score (nSPS) is 11.0. The Labute approximate surface area is 131 Å². The summed E-state index contributed by atoms with van der Waals surface area (Å²) >= 11 is -2.47. The zero-order valence-corrected chi connectivity index (χ0v) is 15.9.